The van der Waals surface area contributed by atoms with Crippen LogP contribution >= 0.6 is 0 Å². The largest absolute Gasteiger partial charge is 0.341 e. The van der Waals surface area contributed by atoms with E-state index in [4.69, 9.17) is 5.73 Å². The standard InChI is InChI=1S/C14H20N2O/c1-2-16(13(17)14(15)9-10-14)11-8-12-6-4-3-5-7-12/h3-7H,2,8-11,15H2,1H3. The molecule has 0 unspecified atom stereocenters. The number of hydrogen-bond donors (Lipinski definition) is 1. The lowest BCUT2D eigenvalue weighted by molar-refractivity contribution is -0.133. The Morgan fingerprint density at radius 2 is 2.00 bits per heavy atom. The van der Waals surface area contributed by atoms with E-state index >= 15 is 0 Å². The molecule has 0 bridgehead atoms. The molecule has 0 aliphatic heterocycles. The van der Waals surface area contributed by atoms with Gasteiger partial charge in [0.05, 0.1) is 5.54 Å². The van der Waals surface area contributed by atoms with Crippen LogP contribution in [0.1, 0.15) is 25.3 Å². The zero-order chi connectivity index (χ0) is 12.3. The molecule has 0 aromatic heterocycles. The second-order valence-electron chi connectivity index (χ2n) is 4.78. The maximum Gasteiger partial charge on any atom is 0.242 e. The summed E-state index contributed by atoms with van der Waals surface area (Å²) in [6.45, 7) is 3.51. The highest BCUT2D eigenvalue weighted by atomic mass is 16.2. The molecule has 0 radical (unpaired) electrons. The Morgan fingerprint density at radius 3 is 2.53 bits per heavy atom. The predicted octanol–water partition coefficient (Wildman–Crippen LogP) is 1.57. The summed E-state index contributed by atoms with van der Waals surface area (Å²) in [6.07, 6.45) is 2.58. The molecule has 0 spiro atoms. The van der Waals surface area contributed by atoms with E-state index in [1.807, 2.05) is 30.0 Å². The average Bonchev–Trinajstić information content (AvgIpc) is 3.10. The number of hydrogen-bond acceptors (Lipinski definition) is 2. The van der Waals surface area contributed by atoms with Gasteiger partial charge in [0, 0.05) is 13.1 Å². The van der Waals surface area contributed by atoms with Crippen molar-refractivity contribution in [2.24, 2.45) is 5.73 Å². The Bertz CT molecular complexity index is 384. The number of carbonyl (C=O) groups is 1. The summed E-state index contributed by atoms with van der Waals surface area (Å²) >= 11 is 0. The van der Waals surface area contributed by atoms with Crippen molar-refractivity contribution >= 4 is 5.91 Å². The lowest BCUT2D eigenvalue weighted by Crippen LogP contribution is -2.46. The number of carbonyl (C=O) groups excluding carboxylic acids is 1. The highest BCUT2D eigenvalue weighted by Gasteiger charge is 2.47. The van der Waals surface area contributed by atoms with Crippen molar-refractivity contribution < 1.29 is 4.79 Å². The molecular weight excluding hydrogens is 212 g/mol. The van der Waals surface area contributed by atoms with Crippen LogP contribution in [0.2, 0.25) is 0 Å². The van der Waals surface area contributed by atoms with Crippen LogP contribution in [0.4, 0.5) is 0 Å². The third kappa shape index (κ3) is 2.86. The predicted molar refractivity (Wildman–Crippen MR) is 68.6 cm³/mol. The van der Waals surface area contributed by atoms with Gasteiger partial charge < -0.3 is 10.6 Å². The average molecular weight is 232 g/mol. The van der Waals surface area contributed by atoms with Crippen LogP contribution < -0.4 is 5.73 Å². The molecule has 2 rings (SSSR count). The van der Waals surface area contributed by atoms with Gasteiger partial charge in [-0.3, -0.25) is 4.79 Å². The first-order chi connectivity index (χ1) is 8.15. The van der Waals surface area contributed by atoms with Crippen LogP contribution in [0.25, 0.3) is 0 Å². The molecule has 1 aliphatic rings. The van der Waals surface area contributed by atoms with E-state index in [0.29, 0.717) is 0 Å². The lowest BCUT2D eigenvalue weighted by Gasteiger charge is -2.24. The molecule has 1 aromatic carbocycles. The van der Waals surface area contributed by atoms with E-state index in [-0.39, 0.29) is 5.91 Å². The van der Waals surface area contributed by atoms with Crippen LogP contribution in [0.15, 0.2) is 30.3 Å². The van der Waals surface area contributed by atoms with Gasteiger partial charge in [0.2, 0.25) is 5.91 Å². The van der Waals surface area contributed by atoms with Crippen molar-refractivity contribution in [2.45, 2.75) is 31.7 Å². The first-order valence-electron chi connectivity index (χ1n) is 6.28. The molecule has 1 aromatic rings. The Kier molecular flexibility index (Phi) is 3.48. The minimum absolute atomic E-state index is 0.121. The fraction of sp³-hybridized carbons (Fsp3) is 0.500. The van der Waals surface area contributed by atoms with E-state index in [9.17, 15) is 4.79 Å². The van der Waals surface area contributed by atoms with Crippen LogP contribution in [0, 0.1) is 0 Å². The number of nitrogens with zero attached hydrogens (tertiary/aromatic N) is 1. The summed E-state index contributed by atoms with van der Waals surface area (Å²) in [5.74, 6) is 0.121. The van der Waals surface area contributed by atoms with Crippen molar-refractivity contribution in [1.82, 2.24) is 4.90 Å². The minimum atomic E-state index is -0.535. The fourth-order valence-corrected chi connectivity index (χ4v) is 1.98. The SMILES string of the molecule is CCN(CCc1ccccc1)C(=O)C1(N)CC1. The molecule has 0 atom stereocenters. The first-order valence-corrected chi connectivity index (χ1v) is 6.28. The van der Waals surface area contributed by atoms with Crippen molar-refractivity contribution in [3.05, 3.63) is 35.9 Å². The maximum atomic E-state index is 12.1. The van der Waals surface area contributed by atoms with Crippen LogP contribution in [0.5, 0.6) is 0 Å². The van der Waals surface area contributed by atoms with Gasteiger partial charge in [0.25, 0.3) is 0 Å². The zero-order valence-corrected chi connectivity index (χ0v) is 10.4. The number of rotatable bonds is 5. The van der Waals surface area contributed by atoms with Crippen molar-refractivity contribution in [1.29, 1.82) is 0 Å². The molecule has 1 fully saturated rings. The molecule has 0 saturated heterocycles. The topological polar surface area (TPSA) is 46.3 Å². The molecular formula is C14H20N2O. The fourth-order valence-electron chi connectivity index (χ4n) is 1.98. The normalized spacial score (nSPS) is 16.6. The minimum Gasteiger partial charge on any atom is -0.341 e. The summed E-state index contributed by atoms with van der Waals surface area (Å²) in [5.41, 5.74) is 6.67. The zero-order valence-electron chi connectivity index (χ0n) is 10.4. The highest BCUT2D eigenvalue weighted by molar-refractivity contribution is 5.89. The quantitative estimate of drug-likeness (QED) is 0.837. The Hall–Kier alpha value is -1.35. The van der Waals surface area contributed by atoms with Crippen molar-refractivity contribution in [3.63, 3.8) is 0 Å². The number of nitrogens with two attached hydrogens (primary N) is 1. The molecule has 1 amide bonds. The summed E-state index contributed by atoms with van der Waals surface area (Å²) in [5, 5.41) is 0. The van der Waals surface area contributed by atoms with Gasteiger partial charge in [-0.15, -0.1) is 0 Å². The number of benzene rings is 1. The lowest BCUT2D eigenvalue weighted by atomic mass is 10.1. The number of amides is 1. The molecule has 17 heavy (non-hydrogen) atoms. The molecule has 92 valence electrons. The number of likely N-dealkylation sites (N-methyl/N-ethyl adjacent to an activating group) is 1. The molecule has 3 nitrogen and oxygen atoms in total. The second kappa shape index (κ2) is 4.88. The van der Waals surface area contributed by atoms with Crippen LogP contribution in [0.3, 0.4) is 0 Å². The van der Waals surface area contributed by atoms with Gasteiger partial charge in [-0.25, -0.2) is 0 Å². The van der Waals surface area contributed by atoms with Gasteiger partial charge >= 0.3 is 0 Å². The van der Waals surface area contributed by atoms with E-state index in [0.717, 1.165) is 32.4 Å². The van der Waals surface area contributed by atoms with Gasteiger partial charge in [0.1, 0.15) is 0 Å². The second-order valence-corrected chi connectivity index (χ2v) is 4.78. The Labute approximate surface area is 103 Å². The monoisotopic (exact) mass is 232 g/mol. The summed E-state index contributed by atoms with van der Waals surface area (Å²) < 4.78 is 0. The Morgan fingerprint density at radius 1 is 1.35 bits per heavy atom. The van der Waals surface area contributed by atoms with Gasteiger partial charge in [-0.05, 0) is 31.7 Å². The first kappa shape index (κ1) is 12.1. The molecule has 2 N–H and O–H groups in total. The van der Waals surface area contributed by atoms with Crippen LogP contribution in [-0.4, -0.2) is 29.4 Å². The van der Waals surface area contributed by atoms with Gasteiger partial charge in [-0.2, -0.15) is 0 Å². The molecule has 0 heterocycles. The third-order valence-electron chi connectivity index (χ3n) is 3.40. The summed E-state index contributed by atoms with van der Waals surface area (Å²) in [6, 6.07) is 10.2. The van der Waals surface area contributed by atoms with Crippen LogP contribution in [-0.2, 0) is 11.2 Å². The highest BCUT2D eigenvalue weighted by Crippen LogP contribution is 2.34. The van der Waals surface area contributed by atoms with Crippen molar-refractivity contribution in [2.75, 3.05) is 13.1 Å². The molecule has 3 heteroatoms. The molecule has 1 saturated carbocycles. The van der Waals surface area contributed by atoms with E-state index in [1.54, 1.807) is 0 Å². The van der Waals surface area contributed by atoms with E-state index < -0.39 is 5.54 Å². The summed E-state index contributed by atoms with van der Waals surface area (Å²) in [7, 11) is 0. The maximum absolute atomic E-state index is 12.1. The third-order valence-corrected chi connectivity index (χ3v) is 3.40. The van der Waals surface area contributed by atoms with E-state index in [2.05, 4.69) is 12.1 Å². The smallest absolute Gasteiger partial charge is 0.242 e. The molecule has 1 aliphatic carbocycles. The van der Waals surface area contributed by atoms with Gasteiger partial charge in [-0.1, -0.05) is 30.3 Å². The van der Waals surface area contributed by atoms with Crippen molar-refractivity contribution in [3.8, 4) is 0 Å². The van der Waals surface area contributed by atoms with Gasteiger partial charge in [0.15, 0.2) is 0 Å². The Balaban J connectivity index is 1.90. The van der Waals surface area contributed by atoms with E-state index in [1.165, 1.54) is 5.56 Å². The summed E-state index contributed by atoms with van der Waals surface area (Å²) in [4.78, 5) is 14.0.